The van der Waals surface area contributed by atoms with E-state index < -0.39 is 10.0 Å². The summed E-state index contributed by atoms with van der Waals surface area (Å²) in [6.45, 7) is 6.29. The van der Waals surface area contributed by atoms with Gasteiger partial charge in [0.25, 0.3) is 0 Å². The summed E-state index contributed by atoms with van der Waals surface area (Å²) in [5.74, 6) is 0. The van der Waals surface area contributed by atoms with Crippen molar-refractivity contribution in [3.8, 4) is 0 Å². The molecule has 7 heteroatoms. The van der Waals surface area contributed by atoms with Gasteiger partial charge in [0.05, 0.1) is 3.79 Å². The standard InChI is InChI=1S/C10H15Br2NO2S2/c1-7-4-8(16-9(7)12)17(14,15)13-6-10(2,3)5-11/h4,13H,5-6H2,1-3H3. The minimum Gasteiger partial charge on any atom is -0.210 e. The Hall–Kier alpha value is 0.570. The molecule has 98 valence electrons. The molecule has 0 spiro atoms. The van der Waals surface area contributed by atoms with Crippen molar-refractivity contribution in [1.29, 1.82) is 0 Å². The quantitative estimate of drug-likeness (QED) is 0.763. The van der Waals surface area contributed by atoms with Crippen LogP contribution in [-0.4, -0.2) is 20.3 Å². The lowest BCUT2D eigenvalue weighted by Gasteiger charge is -2.21. The minimum atomic E-state index is -3.39. The molecule has 1 N–H and O–H groups in total. The summed E-state index contributed by atoms with van der Waals surface area (Å²) in [5, 5.41) is 0.746. The van der Waals surface area contributed by atoms with Crippen molar-refractivity contribution in [1.82, 2.24) is 4.72 Å². The number of alkyl halides is 1. The van der Waals surface area contributed by atoms with Crippen LogP contribution in [0.3, 0.4) is 0 Å². The minimum absolute atomic E-state index is 0.101. The lowest BCUT2D eigenvalue weighted by molar-refractivity contribution is 0.420. The Bertz CT molecular complexity index is 475. The van der Waals surface area contributed by atoms with Crippen LogP contribution in [0, 0.1) is 12.3 Å². The fraction of sp³-hybridized carbons (Fsp3) is 0.600. The number of rotatable bonds is 5. The maximum absolute atomic E-state index is 12.0. The molecule has 1 aromatic rings. The van der Waals surface area contributed by atoms with Gasteiger partial charge in [-0.1, -0.05) is 29.8 Å². The Kier molecular flexibility index (Phi) is 5.23. The summed E-state index contributed by atoms with van der Waals surface area (Å²) < 4.78 is 27.9. The van der Waals surface area contributed by atoms with Crippen LogP contribution in [0.1, 0.15) is 19.4 Å². The van der Waals surface area contributed by atoms with E-state index in [2.05, 4.69) is 36.6 Å². The van der Waals surface area contributed by atoms with Gasteiger partial charge in [0.2, 0.25) is 10.0 Å². The molecule has 0 saturated carbocycles. The molecule has 0 amide bonds. The van der Waals surface area contributed by atoms with Crippen molar-refractivity contribution >= 4 is 53.2 Å². The average molecular weight is 405 g/mol. The van der Waals surface area contributed by atoms with Crippen LogP contribution in [0.25, 0.3) is 0 Å². The van der Waals surface area contributed by atoms with Gasteiger partial charge >= 0.3 is 0 Å². The van der Waals surface area contributed by atoms with Crippen LogP contribution in [0.4, 0.5) is 0 Å². The third-order valence-corrected chi connectivity index (χ3v) is 7.73. The lowest BCUT2D eigenvalue weighted by Crippen LogP contribution is -2.34. The molecular weight excluding hydrogens is 390 g/mol. The summed E-state index contributed by atoms with van der Waals surface area (Å²) in [6.07, 6.45) is 0. The maximum Gasteiger partial charge on any atom is 0.250 e. The maximum atomic E-state index is 12.0. The molecule has 17 heavy (non-hydrogen) atoms. The van der Waals surface area contributed by atoms with Crippen molar-refractivity contribution < 1.29 is 8.42 Å². The first-order valence-electron chi connectivity index (χ1n) is 4.99. The first-order valence-corrected chi connectivity index (χ1v) is 9.21. The van der Waals surface area contributed by atoms with E-state index >= 15 is 0 Å². The number of hydrogen-bond donors (Lipinski definition) is 1. The number of sulfonamides is 1. The second kappa shape index (κ2) is 5.69. The van der Waals surface area contributed by atoms with E-state index in [1.807, 2.05) is 20.8 Å². The zero-order valence-electron chi connectivity index (χ0n) is 9.88. The van der Waals surface area contributed by atoms with Gasteiger partial charge in [-0.25, -0.2) is 13.1 Å². The molecule has 0 fully saturated rings. The predicted octanol–water partition coefficient (Wildman–Crippen LogP) is 3.52. The van der Waals surface area contributed by atoms with Gasteiger partial charge in [0.1, 0.15) is 4.21 Å². The topological polar surface area (TPSA) is 46.2 Å². The largest absolute Gasteiger partial charge is 0.250 e. The van der Waals surface area contributed by atoms with Crippen LogP contribution >= 0.6 is 43.2 Å². The van der Waals surface area contributed by atoms with E-state index in [-0.39, 0.29) is 5.41 Å². The highest BCUT2D eigenvalue weighted by Crippen LogP contribution is 2.30. The molecule has 0 radical (unpaired) electrons. The van der Waals surface area contributed by atoms with Crippen molar-refractivity contribution in [2.75, 3.05) is 11.9 Å². The number of aryl methyl sites for hydroxylation is 1. The highest BCUT2D eigenvalue weighted by Gasteiger charge is 2.23. The van der Waals surface area contributed by atoms with Crippen LogP contribution < -0.4 is 4.72 Å². The van der Waals surface area contributed by atoms with Gasteiger partial charge in [-0.2, -0.15) is 0 Å². The van der Waals surface area contributed by atoms with Gasteiger partial charge in [-0.15, -0.1) is 11.3 Å². The van der Waals surface area contributed by atoms with Gasteiger partial charge in [0.15, 0.2) is 0 Å². The Balaban J connectivity index is 2.83. The third kappa shape index (κ3) is 4.31. The van der Waals surface area contributed by atoms with E-state index in [0.29, 0.717) is 10.8 Å². The molecule has 0 unspecified atom stereocenters. The summed E-state index contributed by atoms with van der Waals surface area (Å²) in [7, 11) is -3.39. The smallest absolute Gasteiger partial charge is 0.210 e. The third-order valence-electron chi connectivity index (χ3n) is 2.20. The van der Waals surface area contributed by atoms with Crippen molar-refractivity contribution in [2.45, 2.75) is 25.0 Å². The Morgan fingerprint density at radius 2 is 2.06 bits per heavy atom. The Labute approximate surface area is 123 Å². The Morgan fingerprint density at radius 1 is 1.47 bits per heavy atom. The van der Waals surface area contributed by atoms with E-state index in [1.165, 1.54) is 11.3 Å². The second-order valence-corrected chi connectivity index (χ2v) is 9.57. The second-order valence-electron chi connectivity index (χ2n) is 4.64. The number of halogens is 2. The molecule has 0 atom stereocenters. The molecule has 1 rings (SSSR count). The van der Waals surface area contributed by atoms with E-state index in [4.69, 9.17) is 0 Å². The number of thiophene rings is 1. The van der Waals surface area contributed by atoms with Gasteiger partial charge in [0, 0.05) is 11.9 Å². The molecule has 0 bridgehead atoms. The molecule has 0 aromatic carbocycles. The fourth-order valence-corrected chi connectivity index (χ4v) is 4.68. The summed E-state index contributed by atoms with van der Waals surface area (Å²) in [4.78, 5) is 0. The SMILES string of the molecule is Cc1cc(S(=O)(=O)NCC(C)(C)CBr)sc1Br. The average Bonchev–Trinajstić information content (AvgIpc) is 2.58. The molecule has 0 aliphatic heterocycles. The normalized spacial score (nSPS) is 13.0. The van der Waals surface area contributed by atoms with Gasteiger partial charge < -0.3 is 0 Å². The van der Waals surface area contributed by atoms with Crippen molar-refractivity contribution in [3.05, 3.63) is 15.4 Å². The summed E-state index contributed by atoms with van der Waals surface area (Å²) in [5.41, 5.74) is 0.839. The van der Waals surface area contributed by atoms with Crippen LogP contribution in [0.5, 0.6) is 0 Å². The molecular formula is C10H15Br2NO2S2. The number of nitrogens with one attached hydrogen (secondary N) is 1. The first kappa shape index (κ1) is 15.6. The molecule has 1 heterocycles. The van der Waals surface area contributed by atoms with Gasteiger partial charge in [-0.3, -0.25) is 0 Å². The van der Waals surface area contributed by atoms with Crippen molar-refractivity contribution in [2.24, 2.45) is 5.41 Å². The van der Waals surface area contributed by atoms with Crippen LogP contribution in [0.2, 0.25) is 0 Å². The zero-order chi connectivity index (χ0) is 13.3. The fourth-order valence-electron chi connectivity index (χ4n) is 0.973. The highest BCUT2D eigenvalue weighted by atomic mass is 79.9. The number of hydrogen-bond acceptors (Lipinski definition) is 3. The lowest BCUT2D eigenvalue weighted by atomic mass is 9.98. The molecule has 3 nitrogen and oxygen atoms in total. The predicted molar refractivity (Wildman–Crippen MR) is 79.5 cm³/mol. The van der Waals surface area contributed by atoms with Crippen LogP contribution in [0.15, 0.2) is 14.1 Å². The first-order chi connectivity index (χ1) is 7.68. The molecule has 0 saturated heterocycles. The Morgan fingerprint density at radius 3 is 2.47 bits per heavy atom. The van der Waals surface area contributed by atoms with Crippen LogP contribution in [-0.2, 0) is 10.0 Å². The molecule has 0 aliphatic carbocycles. The van der Waals surface area contributed by atoms with Crippen molar-refractivity contribution in [3.63, 3.8) is 0 Å². The van der Waals surface area contributed by atoms with Gasteiger partial charge in [-0.05, 0) is 39.9 Å². The van der Waals surface area contributed by atoms with E-state index in [1.54, 1.807) is 6.07 Å². The molecule has 1 aromatic heterocycles. The van der Waals surface area contributed by atoms with E-state index in [9.17, 15) is 8.42 Å². The monoisotopic (exact) mass is 403 g/mol. The highest BCUT2D eigenvalue weighted by molar-refractivity contribution is 9.11. The summed E-state index contributed by atoms with van der Waals surface area (Å²) in [6, 6.07) is 1.68. The molecule has 0 aliphatic rings. The van der Waals surface area contributed by atoms with E-state index in [0.717, 1.165) is 14.7 Å². The summed E-state index contributed by atoms with van der Waals surface area (Å²) >= 11 is 7.94. The zero-order valence-corrected chi connectivity index (χ0v) is 14.7.